The highest BCUT2D eigenvalue weighted by molar-refractivity contribution is 5.97. The van der Waals surface area contributed by atoms with Crippen LogP contribution < -0.4 is 16.4 Å². The Labute approximate surface area is 207 Å². The summed E-state index contributed by atoms with van der Waals surface area (Å²) in [6, 6.07) is 11.6. The molecule has 36 heavy (non-hydrogen) atoms. The molecule has 0 saturated carbocycles. The summed E-state index contributed by atoms with van der Waals surface area (Å²) in [7, 11) is 1.90. The standard InChI is InChI=1S/C25H29N7O4/c1-31-19-9-6-16(23(30-21(33)13-22(34)35)25(36)32-10-2-3-11-32)12-18(19)29-20(31)14-28-17-7-4-15(5-8-17)24(26)27/h4-9,12,23,28H,2-3,10-11,13-14H2,1H3,(H3,26,27)(H,30,33)(H,34,35). The maximum atomic E-state index is 13.2. The molecule has 11 heteroatoms. The molecule has 1 aliphatic heterocycles. The van der Waals surface area contributed by atoms with E-state index in [2.05, 4.69) is 10.6 Å². The molecular weight excluding hydrogens is 462 g/mol. The van der Waals surface area contributed by atoms with Gasteiger partial charge in [-0.25, -0.2) is 4.98 Å². The zero-order chi connectivity index (χ0) is 25.8. The zero-order valence-electron chi connectivity index (χ0n) is 20.0. The number of nitrogens with zero attached hydrogens (tertiary/aromatic N) is 3. The van der Waals surface area contributed by atoms with Crippen LogP contribution in [0.4, 0.5) is 5.69 Å². The van der Waals surface area contributed by atoms with Crippen molar-refractivity contribution in [2.45, 2.75) is 31.8 Å². The van der Waals surface area contributed by atoms with E-state index < -0.39 is 24.3 Å². The minimum atomic E-state index is -1.26. The molecule has 1 fully saturated rings. The first kappa shape index (κ1) is 24.7. The van der Waals surface area contributed by atoms with E-state index in [0.717, 1.165) is 29.9 Å². The van der Waals surface area contributed by atoms with Crippen molar-refractivity contribution in [3.63, 3.8) is 0 Å². The molecule has 6 N–H and O–H groups in total. The molecule has 1 unspecified atom stereocenters. The van der Waals surface area contributed by atoms with Crippen LogP contribution in [0.2, 0.25) is 0 Å². The van der Waals surface area contributed by atoms with Crippen molar-refractivity contribution >= 4 is 40.3 Å². The molecule has 0 spiro atoms. The number of nitrogens with one attached hydrogen (secondary N) is 3. The van der Waals surface area contributed by atoms with E-state index in [9.17, 15) is 14.4 Å². The number of amidine groups is 1. The van der Waals surface area contributed by atoms with Crippen LogP contribution in [0.3, 0.4) is 0 Å². The summed E-state index contributed by atoms with van der Waals surface area (Å²) in [4.78, 5) is 42.9. The van der Waals surface area contributed by atoms with Gasteiger partial charge in [0.25, 0.3) is 0 Å². The van der Waals surface area contributed by atoms with Crippen molar-refractivity contribution in [1.82, 2.24) is 19.8 Å². The number of carboxylic acid groups (broad SMARTS) is 1. The monoisotopic (exact) mass is 491 g/mol. The van der Waals surface area contributed by atoms with Gasteiger partial charge in [-0.1, -0.05) is 6.07 Å². The SMILES string of the molecule is Cn1c(CNc2ccc(C(=N)N)cc2)nc2cc(C(NC(=O)CC(=O)O)C(=O)N3CCCC3)ccc21. The van der Waals surface area contributed by atoms with Crippen LogP contribution in [0.5, 0.6) is 0 Å². The fourth-order valence-corrected chi connectivity index (χ4v) is 4.31. The molecule has 4 rings (SSSR count). The number of rotatable bonds is 9. The van der Waals surface area contributed by atoms with Gasteiger partial charge in [0.05, 0.1) is 17.6 Å². The number of nitrogens with two attached hydrogens (primary N) is 1. The molecule has 188 valence electrons. The third-order valence-corrected chi connectivity index (χ3v) is 6.26. The summed E-state index contributed by atoms with van der Waals surface area (Å²) >= 11 is 0. The minimum Gasteiger partial charge on any atom is -0.481 e. The van der Waals surface area contributed by atoms with E-state index >= 15 is 0 Å². The van der Waals surface area contributed by atoms with Crippen LogP contribution in [-0.4, -0.2) is 56.3 Å². The Balaban J connectivity index is 1.57. The lowest BCUT2D eigenvalue weighted by Gasteiger charge is -2.24. The van der Waals surface area contributed by atoms with Crippen molar-refractivity contribution < 1.29 is 19.5 Å². The number of amides is 2. The molecule has 1 aromatic heterocycles. The lowest BCUT2D eigenvalue weighted by Crippen LogP contribution is -2.42. The van der Waals surface area contributed by atoms with Gasteiger partial charge in [-0.2, -0.15) is 0 Å². The Hall–Kier alpha value is -4.41. The molecular formula is C25H29N7O4. The molecule has 0 bridgehead atoms. The van der Waals surface area contributed by atoms with E-state index in [4.69, 9.17) is 21.2 Å². The van der Waals surface area contributed by atoms with Gasteiger partial charge in [0.15, 0.2) is 0 Å². The van der Waals surface area contributed by atoms with Crippen molar-refractivity contribution in [2.24, 2.45) is 12.8 Å². The fourth-order valence-electron chi connectivity index (χ4n) is 4.31. The molecule has 3 aromatic rings. The molecule has 2 aromatic carbocycles. The highest BCUT2D eigenvalue weighted by Gasteiger charge is 2.30. The first-order valence-corrected chi connectivity index (χ1v) is 11.7. The van der Waals surface area contributed by atoms with Gasteiger partial charge in [-0.05, 0) is 54.8 Å². The van der Waals surface area contributed by atoms with Crippen molar-refractivity contribution in [3.8, 4) is 0 Å². The molecule has 2 amide bonds. The average molecular weight is 492 g/mol. The third kappa shape index (κ3) is 5.45. The normalized spacial score (nSPS) is 14.0. The van der Waals surface area contributed by atoms with Crippen LogP contribution in [-0.2, 0) is 28.0 Å². The van der Waals surface area contributed by atoms with E-state index in [0.29, 0.717) is 36.3 Å². The summed E-state index contributed by atoms with van der Waals surface area (Å²) in [6.45, 7) is 1.66. The Kier molecular flexibility index (Phi) is 7.18. The van der Waals surface area contributed by atoms with E-state index in [1.165, 1.54) is 0 Å². The van der Waals surface area contributed by atoms with Gasteiger partial charge in [-0.3, -0.25) is 19.8 Å². The number of fused-ring (bicyclic) bond motifs is 1. The molecule has 1 atom stereocenters. The molecule has 11 nitrogen and oxygen atoms in total. The number of hydrogen-bond acceptors (Lipinski definition) is 6. The van der Waals surface area contributed by atoms with Gasteiger partial charge in [-0.15, -0.1) is 0 Å². The highest BCUT2D eigenvalue weighted by Crippen LogP contribution is 2.24. The topological polar surface area (TPSA) is 166 Å². The lowest BCUT2D eigenvalue weighted by atomic mass is 10.0. The van der Waals surface area contributed by atoms with Crippen molar-refractivity contribution in [1.29, 1.82) is 5.41 Å². The van der Waals surface area contributed by atoms with Crippen molar-refractivity contribution in [2.75, 3.05) is 18.4 Å². The highest BCUT2D eigenvalue weighted by atomic mass is 16.4. The number of aliphatic carboxylic acids is 1. The lowest BCUT2D eigenvalue weighted by molar-refractivity contribution is -0.143. The second-order valence-electron chi connectivity index (χ2n) is 8.78. The smallest absolute Gasteiger partial charge is 0.312 e. The number of anilines is 1. The first-order chi connectivity index (χ1) is 17.2. The summed E-state index contributed by atoms with van der Waals surface area (Å²) in [6.07, 6.45) is 1.09. The van der Waals surface area contributed by atoms with Gasteiger partial charge in [0.2, 0.25) is 11.8 Å². The second-order valence-corrected chi connectivity index (χ2v) is 8.78. The minimum absolute atomic E-state index is 0.00775. The van der Waals surface area contributed by atoms with E-state index in [1.807, 2.05) is 29.8 Å². The zero-order valence-corrected chi connectivity index (χ0v) is 20.0. The number of carboxylic acids is 1. The number of aryl methyl sites for hydroxylation is 1. The summed E-state index contributed by atoms with van der Waals surface area (Å²) in [5, 5.41) is 22.4. The largest absolute Gasteiger partial charge is 0.481 e. The number of carbonyl (C=O) groups is 3. The predicted octanol–water partition coefficient (Wildman–Crippen LogP) is 1.72. The number of likely N-dealkylation sites (tertiary alicyclic amines) is 1. The Morgan fingerprint density at radius 2 is 1.83 bits per heavy atom. The van der Waals surface area contributed by atoms with E-state index in [-0.39, 0.29) is 11.7 Å². The van der Waals surface area contributed by atoms with Gasteiger partial charge in [0.1, 0.15) is 24.1 Å². The fraction of sp³-hybridized carbons (Fsp3) is 0.320. The number of carbonyl (C=O) groups excluding carboxylic acids is 2. The number of imidazole rings is 1. The Morgan fingerprint density at radius 3 is 2.47 bits per heavy atom. The summed E-state index contributed by atoms with van der Waals surface area (Å²) < 4.78 is 1.94. The van der Waals surface area contributed by atoms with Crippen LogP contribution >= 0.6 is 0 Å². The van der Waals surface area contributed by atoms with Crippen LogP contribution in [0.1, 0.15) is 42.3 Å². The quantitative estimate of drug-likeness (QED) is 0.173. The summed E-state index contributed by atoms with van der Waals surface area (Å²) in [5.74, 6) is -1.46. The average Bonchev–Trinajstić information content (AvgIpc) is 3.49. The third-order valence-electron chi connectivity index (χ3n) is 6.26. The second kappa shape index (κ2) is 10.5. The van der Waals surface area contributed by atoms with Crippen LogP contribution in [0.25, 0.3) is 11.0 Å². The molecule has 0 radical (unpaired) electrons. The molecule has 1 saturated heterocycles. The number of benzene rings is 2. The van der Waals surface area contributed by atoms with Gasteiger partial charge < -0.3 is 30.9 Å². The number of aromatic nitrogens is 2. The Bertz CT molecular complexity index is 1310. The van der Waals surface area contributed by atoms with Gasteiger partial charge in [0, 0.05) is 31.4 Å². The van der Waals surface area contributed by atoms with Crippen molar-refractivity contribution in [3.05, 3.63) is 59.4 Å². The van der Waals surface area contributed by atoms with Gasteiger partial charge >= 0.3 is 5.97 Å². The maximum Gasteiger partial charge on any atom is 0.312 e. The summed E-state index contributed by atoms with van der Waals surface area (Å²) in [5.41, 5.74) is 9.06. The number of hydrogen-bond donors (Lipinski definition) is 5. The van der Waals surface area contributed by atoms with E-state index in [1.54, 1.807) is 29.2 Å². The molecule has 1 aliphatic rings. The predicted molar refractivity (Wildman–Crippen MR) is 134 cm³/mol. The maximum absolute atomic E-state index is 13.2. The molecule has 0 aliphatic carbocycles. The Morgan fingerprint density at radius 1 is 1.14 bits per heavy atom. The number of nitrogen functional groups attached to an aromatic ring is 1. The molecule has 2 heterocycles. The first-order valence-electron chi connectivity index (χ1n) is 11.7. The van der Waals surface area contributed by atoms with Crippen LogP contribution in [0, 0.1) is 5.41 Å². The van der Waals surface area contributed by atoms with Crippen LogP contribution in [0.15, 0.2) is 42.5 Å².